The number of nitrogens with two attached hydrogens (primary N) is 1. The van der Waals surface area contributed by atoms with Crippen LogP contribution in [0.1, 0.15) is 30.4 Å². The van der Waals surface area contributed by atoms with Crippen LogP contribution in [0.2, 0.25) is 0 Å². The van der Waals surface area contributed by atoms with Crippen molar-refractivity contribution in [2.45, 2.75) is 37.3 Å². The molecule has 1 fully saturated rings. The van der Waals surface area contributed by atoms with E-state index >= 15 is 0 Å². The highest BCUT2D eigenvalue weighted by Crippen LogP contribution is 2.59. The molecule has 0 bridgehead atoms. The molecule has 7 rings (SSSR count). The summed E-state index contributed by atoms with van der Waals surface area (Å²) < 4.78 is 56.6. The Bertz CT molecular complexity index is 1720. The van der Waals surface area contributed by atoms with E-state index in [1.807, 2.05) is 24.3 Å². The molecule has 6 nitrogen and oxygen atoms in total. The molecule has 0 amide bonds. The lowest BCUT2D eigenvalue weighted by Gasteiger charge is -2.32. The number of benzene rings is 3. The van der Waals surface area contributed by atoms with Gasteiger partial charge in [-0.1, -0.05) is 41.5 Å². The van der Waals surface area contributed by atoms with Gasteiger partial charge in [-0.3, -0.25) is 0 Å². The number of nitrogen functional groups attached to an aromatic ring is 1. The Hall–Kier alpha value is -4.21. The summed E-state index contributed by atoms with van der Waals surface area (Å²) in [5.74, 6) is 0.752. The Kier molecular flexibility index (Phi) is 4.77. The first kappa shape index (κ1) is 22.9. The van der Waals surface area contributed by atoms with Crippen LogP contribution < -0.4 is 10.6 Å². The lowest BCUT2D eigenvalue weighted by atomic mass is 9.89. The maximum absolute atomic E-state index is 14.5. The summed E-state index contributed by atoms with van der Waals surface area (Å²) in [4.78, 5) is 6.76. The van der Waals surface area contributed by atoms with Crippen molar-refractivity contribution in [3.63, 3.8) is 0 Å². The molecule has 0 radical (unpaired) electrons. The van der Waals surface area contributed by atoms with E-state index in [0.29, 0.717) is 34.5 Å². The second-order valence-corrected chi connectivity index (χ2v) is 10.0. The van der Waals surface area contributed by atoms with Crippen LogP contribution in [0.15, 0.2) is 60.7 Å². The summed E-state index contributed by atoms with van der Waals surface area (Å²) in [6.07, 6.45) is -3.09. The molecule has 192 valence electrons. The molecule has 0 atom stereocenters. The monoisotopic (exact) mass is 518 g/mol. The van der Waals surface area contributed by atoms with Gasteiger partial charge in [0.25, 0.3) is 5.78 Å². The van der Waals surface area contributed by atoms with Crippen LogP contribution in [0.5, 0.6) is 0 Å². The van der Waals surface area contributed by atoms with Gasteiger partial charge in [-0.05, 0) is 72.2 Å². The highest BCUT2D eigenvalue weighted by Gasteiger charge is 2.64. The van der Waals surface area contributed by atoms with Gasteiger partial charge in [-0.15, -0.1) is 5.10 Å². The van der Waals surface area contributed by atoms with E-state index in [2.05, 4.69) is 20.1 Å². The van der Waals surface area contributed by atoms with Crippen molar-refractivity contribution in [3.8, 4) is 11.1 Å². The normalized spacial score (nSPS) is 16.7. The first-order chi connectivity index (χ1) is 18.3. The number of fused-ring (bicyclic) bond motifs is 4. The lowest BCUT2D eigenvalue weighted by molar-refractivity contribution is -0.160. The van der Waals surface area contributed by atoms with Crippen LogP contribution in [0.3, 0.4) is 0 Å². The molecule has 2 N–H and O–H groups in total. The molecule has 38 heavy (non-hydrogen) atoms. The second kappa shape index (κ2) is 7.89. The molecule has 0 spiro atoms. The molecule has 1 aliphatic heterocycles. The quantitative estimate of drug-likeness (QED) is 0.223. The molecule has 5 aromatic rings. The van der Waals surface area contributed by atoms with Crippen molar-refractivity contribution in [1.29, 1.82) is 0 Å². The Labute approximate surface area is 214 Å². The predicted octanol–water partition coefficient (Wildman–Crippen LogP) is 6.34. The van der Waals surface area contributed by atoms with E-state index < -0.39 is 17.7 Å². The van der Waals surface area contributed by atoms with Crippen LogP contribution in [0.4, 0.5) is 34.8 Å². The molecular weight excluding hydrogens is 496 g/mol. The zero-order chi connectivity index (χ0) is 26.2. The van der Waals surface area contributed by atoms with Crippen LogP contribution in [-0.4, -0.2) is 32.3 Å². The average molecular weight is 519 g/mol. The van der Waals surface area contributed by atoms with Crippen LogP contribution in [-0.2, 0) is 11.8 Å². The minimum atomic E-state index is -4.24. The standard InChI is InChI=1S/C28H22F4N6/c29-25-35-36-26-34-24(21-11-10-18(33)15-23(21)38(25)26)37-14-2-4-20-19(3-1-5-22(20)37)16-6-8-17(9-7-16)27(12-13-27)28(30,31)32/h1,3,5-11,15H,2,4,12-14,33H2. The lowest BCUT2D eigenvalue weighted by Crippen LogP contribution is -2.28. The maximum Gasteiger partial charge on any atom is 0.398 e. The van der Waals surface area contributed by atoms with Crippen molar-refractivity contribution in [1.82, 2.24) is 19.6 Å². The molecule has 2 aromatic heterocycles. The Morgan fingerprint density at radius 3 is 2.47 bits per heavy atom. The molecule has 3 aromatic carbocycles. The third kappa shape index (κ3) is 3.28. The van der Waals surface area contributed by atoms with Gasteiger partial charge in [-0.25, -0.2) is 4.40 Å². The SMILES string of the molecule is Nc1ccc2c(N3CCCc4c(-c5ccc(C6(C(F)(F)F)CC6)cc5)cccc43)nc3nnc(F)n3c2c1. The average Bonchev–Trinajstić information content (AvgIpc) is 3.66. The summed E-state index contributed by atoms with van der Waals surface area (Å²) >= 11 is 0. The summed E-state index contributed by atoms with van der Waals surface area (Å²) in [6.45, 7) is 0.683. The Morgan fingerprint density at radius 2 is 1.74 bits per heavy atom. The first-order valence-electron chi connectivity index (χ1n) is 12.4. The van der Waals surface area contributed by atoms with Gasteiger partial charge < -0.3 is 10.6 Å². The van der Waals surface area contributed by atoms with Crippen LogP contribution in [0, 0.1) is 6.08 Å². The number of halogens is 4. The minimum absolute atomic E-state index is 0.133. The molecule has 3 heterocycles. The smallest absolute Gasteiger partial charge is 0.398 e. The molecule has 0 saturated heterocycles. The maximum atomic E-state index is 14.5. The molecule has 1 aliphatic carbocycles. The van der Waals surface area contributed by atoms with Gasteiger partial charge in [-0.2, -0.15) is 22.5 Å². The number of hydrogen-bond donors (Lipinski definition) is 1. The number of rotatable bonds is 3. The van der Waals surface area contributed by atoms with Gasteiger partial charge >= 0.3 is 12.3 Å². The summed E-state index contributed by atoms with van der Waals surface area (Å²) in [5, 5.41) is 8.17. The number of hydrogen-bond acceptors (Lipinski definition) is 5. The van der Waals surface area contributed by atoms with Gasteiger partial charge in [0.1, 0.15) is 5.82 Å². The zero-order valence-electron chi connectivity index (χ0n) is 20.1. The van der Waals surface area contributed by atoms with Gasteiger partial charge in [0.15, 0.2) is 0 Å². The van der Waals surface area contributed by atoms with E-state index in [0.717, 1.165) is 35.2 Å². The molecule has 10 heteroatoms. The van der Waals surface area contributed by atoms with E-state index in [1.165, 1.54) is 4.40 Å². The Morgan fingerprint density at radius 1 is 0.947 bits per heavy atom. The second-order valence-electron chi connectivity index (χ2n) is 10.0. The number of alkyl halides is 3. The third-order valence-electron chi connectivity index (χ3n) is 7.86. The fourth-order valence-electron chi connectivity index (χ4n) is 5.77. The largest absolute Gasteiger partial charge is 0.399 e. The number of aromatic nitrogens is 4. The van der Waals surface area contributed by atoms with Gasteiger partial charge in [0, 0.05) is 23.3 Å². The van der Waals surface area contributed by atoms with Crippen molar-refractivity contribution < 1.29 is 17.6 Å². The third-order valence-corrected chi connectivity index (χ3v) is 7.86. The first-order valence-corrected chi connectivity index (χ1v) is 12.4. The van der Waals surface area contributed by atoms with E-state index in [-0.39, 0.29) is 18.6 Å². The van der Waals surface area contributed by atoms with Gasteiger partial charge in [0.2, 0.25) is 0 Å². The van der Waals surface area contributed by atoms with Crippen molar-refractivity contribution in [2.24, 2.45) is 0 Å². The van der Waals surface area contributed by atoms with Crippen molar-refractivity contribution in [3.05, 3.63) is 77.9 Å². The predicted molar refractivity (Wildman–Crippen MR) is 137 cm³/mol. The highest BCUT2D eigenvalue weighted by atomic mass is 19.4. The van der Waals surface area contributed by atoms with Crippen molar-refractivity contribution >= 4 is 33.9 Å². The fourth-order valence-corrected chi connectivity index (χ4v) is 5.77. The fraction of sp³-hybridized carbons (Fsp3) is 0.250. The Balaban J connectivity index is 1.34. The molecule has 0 unspecified atom stereocenters. The topological polar surface area (TPSA) is 72.3 Å². The van der Waals surface area contributed by atoms with E-state index in [9.17, 15) is 17.6 Å². The molecular formula is C28H22F4N6. The summed E-state index contributed by atoms with van der Waals surface area (Å²) in [6, 6.07) is 18.0. The number of nitrogens with zero attached hydrogens (tertiary/aromatic N) is 5. The highest BCUT2D eigenvalue weighted by molar-refractivity contribution is 5.96. The number of anilines is 3. The van der Waals surface area contributed by atoms with Crippen LogP contribution in [0.25, 0.3) is 27.8 Å². The zero-order valence-corrected chi connectivity index (χ0v) is 20.1. The summed E-state index contributed by atoms with van der Waals surface area (Å²) in [7, 11) is 0. The molecule has 1 saturated carbocycles. The summed E-state index contributed by atoms with van der Waals surface area (Å²) in [5.41, 5.74) is 9.50. The minimum Gasteiger partial charge on any atom is -0.399 e. The van der Waals surface area contributed by atoms with E-state index in [1.54, 1.807) is 36.4 Å². The van der Waals surface area contributed by atoms with E-state index in [4.69, 9.17) is 5.73 Å². The van der Waals surface area contributed by atoms with Crippen molar-refractivity contribution in [2.75, 3.05) is 17.2 Å². The van der Waals surface area contributed by atoms with Gasteiger partial charge in [0.05, 0.1) is 10.9 Å². The molecule has 2 aliphatic rings. The van der Waals surface area contributed by atoms with Crippen LogP contribution >= 0.6 is 0 Å².